The smallest absolute Gasteiger partial charge is 0.111 e. The summed E-state index contributed by atoms with van der Waals surface area (Å²) < 4.78 is 2.39. The van der Waals surface area contributed by atoms with Gasteiger partial charge in [-0.15, -0.1) is 11.6 Å². The Morgan fingerprint density at radius 3 is 2.81 bits per heavy atom. The number of para-hydroxylation sites is 1. The molecule has 1 aromatic heterocycles. The molecule has 0 spiro atoms. The SMILES string of the molecule is CCC1CCC(n2c(CCCl)nc3cccc(Cl)c32)C1C. The summed E-state index contributed by atoms with van der Waals surface area (Å²) in [5.74, 6) is 3.15. The Hall–Kier alpha value is -0.730. The zero-order valence-corrected chi connectivity index (χ0v) is 14.2. The second-order valence-corrected chi connectivity index (χ2v) is 6.90. The van der Waals surface area contributed by atoms with Gasteiger partial charge in [0.25, 0.3) is 0 Å². The standard InChI is InChI=1S/C17H22Cl2N2/c1-3-12-7-8-15(11(12)2)21-16(9-10-18)20-14-6-4-5-13(19)17(14)21/h4-6,11-12,15H,3,7-10H2,1-2H3. The Labute approximate surface area is 136 Å². The second kappa shape index (κ2) is 6.18. The van der Waals surface area contributed by atoms with Crippen LogP contribution in [0.3, 0.4) is 0 Å². The van der Waals surface area contributed by atoms with Crippen LogP contribution < -0.4 is 0 Å². The molecule has 2 nitrogen and oxygen atoms in total. The fraction of sp³-hybridized carbons (Fsp3) is 0.588. The molecule has 0 bridgehead atoms. The number of hydrogen-bond donors (Lipinski definition) is 0. The van der Waals surface area contributed by atoms with E-state index in [1.54, 1.807) is 0 Å². The largest absolute Gasteiger partial charge is 0.323 e. The summed E-state index contributed by atoms with van der Waals surface area (Å²) in [6.07, 6.45) is 4.56. The highest BCUT2D eigenvalue weighted by Crippen LogP contribution is 2.44. The maximum absolute atomic E-state index is 6.48. The van der Waals surface area contributed by atoms with E-state index in [1.165, 1.54) is 19.3 Å². The summed E-state index contributed by atoms with van der Waals surface area (Å²) in [6.45, 7) is 4.67. The summed E-state index contributed by atoms with van der Waals surface area (Å²) in [7, 11) is 0. The Bertz CT molecular complexity index is 635. The zero-order chi connectivity index (χ0) is 15.0. The average molecular weight is 325 g/mol. The molecule has 1 aliphatic rings. The molecule has 0 amide bonds. The van der Waals surface area contributed by atoms with Crippen molar-refractivity contribution in [3.05, 3.63) is 29.0 Å². The van der Waals surface area contributed by atoms with Crippen molar-refractivity contribution in [2.45, 2.75) is 45.6 Å². The maximum atomic E-state index is 6.48. The first-order valence-electron chi connectivity index (χ1n) is 7.88. The lowest BCUT2D eigenvalue weighted by Crippen LogP contribution is -2.18. The van der Waals surface area contributed by atoms with E-state index >= 15 is 0 Å². The number of halogens is 2. The van der Waals surface area contributed by atoms with Crippen LogP contribution in [0.15, 0.2) is 18.2 Å². The highest BCUT2D eigenvalue weighted by Gasteiger charge is 2.35. The van der Waals surface area contributed by atoms with E-state index in [-0.39, 0.29) is 0 Å². The molecule has 3 atom stereocenters. The molecule has 0 saturated heterocycles. The highest BCUT2D eigenvalue weighted by atomic mass is 35.5. The van der Waals surface area contributed by atoms with Crippen molar-refractivity contribution in [3.63, 3.8) is 0 Å². The van der Waals surface area contributed by atoms with E-state index in [0.29, 0.717) is 17.8 Å². The van der Waals surface area contributed by atoms with Crippen LogP contribution in [0.1, 0.15) is 45.0 Å². The van der Waals surface area contributed by atoms with Crippen LogP contribution in [0.25, 0.3) is 11.0 Å². The molecular formula is C17H22Cl2N2. The normalized spacial score (nSPS) is 25.8. The van der Waals surface area contributed by atoms with Gasteiger partial charge in [0.2, 0.25) is 0 Å². The number of alkyl halides is 1. The number of hydrogen-bond acceptors (Lipinski definition) is 1. The molecule has 21 heavy (non-hydrogen) atoms. The molecule has 3 rings (SSSR count). The molecule has 1 heterocycles. The molecule has 0 N–H and O–H groups in total. The van der Waals surface area contributed by atoms with Gasteiger partial charge in [0, 0.05) is 18.3 Å². The molecular weight excluding hydrogens is 303 g/mol. The van der Waals surface area contributed by atoms with Crippen LogP contribution in [0.2, 0.25) is 5.02 Å². The molecule has 1 fully saturated rings. The van der Waals surface area contributed by atoms with Gasteiger partial charge < -0.3 is 4.57 Å². The first-order chi connectivity index (χ1) is 10.2. The third kappa shape index (κ3) is 2.57. The molecule has 4 heteroatoms. The lowest BCUT2D eigenvalue weighted by atomic mass is 9.93. The van der Waals surface area contributed by atoms with Crippen LogP contribution in [0.5, 0.6) is 0 Å². The van der Waals surface area contributed by atoms with Gasteiger partial charge in [-0.2, -0.15) is 0 Å². The average Bonchev–Trinajstić information content (AvgIpc) is 3.00. The number of aryl methyl sites for hydroxylation is 1. The number of aromatic nitrogens is 2. The third-order valence-corrected chi connectivity index (χ3v) is 5.59. The van der Waals surface area contributed by atoms with Gasteiger partial charge in [0.05, 0.1) is 16.1 Å². The minimum Gasteiger partial charge on any atom is -0.323 e. The number of nitrogens with zero attached hydrogens (tertiary/aromatic N) is 2. The molecule has 0 radical (unpaired) electrons. The van der Waals surface area contributed by atoms with E-state index in [1.807, 2.05) is 18.2 Å². The van der Waals surface area contributed by atoms with Gasteiger partial charge in [-0.1, -0.05) is 37.9 Å². The molecule has 2 aromatic rings. The summed E-state index contributed by atoms with van der Waals surface area (Å²) >= 11 is 12.5. The second-order valence-electron chi connectivity index (χ2n) is 6.12. The summed E-state index contributed by atoms with van der Waals surface area (Å²) in [4.78, 5) is 4.79. The van der Waals surface area contributed by atoms with E-state index in [4.69, 9.17) is 28.2 Å². The summed E-state index contributed by atoms with van der Waals surface area (Å²) in [6, 6.07) is 6.48. The minimum absolute atomic E-state index is 0.498. The topological polar surface area (TPSA) is 17.8 Å². The van der Waals surface area contributed by atoms with Gasteiger partial charge in [-0.3, -0.25) is 0 Å². The zero-order valence-electron chi connectivity index (χ0n) is 12.6. The molecule has 0 aliphatic heterocycles. The van der Waals surface area contributed by atoms with E-state index in [0.717, 1.165) is 34.2 Å². The molecule has 1 aromatic carbocycles. The summed E-state index contributed by atoms with van der Waals surface area (Å²) in [5.41, 5.74) is 2.09. The lowest BCUT2D eigenvalue weighted by molar-refractivity contribution is 0.329. The van der Waals surface area contributed by atoms with Gasteiger partial charge >= 0.3 is 0 Å². The maximum Gasteiger partial charge on any atom is 0.111 e. The number of rotatable bonds is 4. The number of fused-ring (bicyclic) bond motifs is 1. The number of imidazole rings is 1. The highest BCUT2D eigenvalue weighted by molar-refractivity contribution is 6.35. The Balaban J connectivity index is 2.13. The van der Waals surface area contributed by atoms with Gasteiger partial charge in [-0.25, -0.2) is 4.98 Å². The minimum atomic E-state index is 0.498. The lowest BCUT2D eigenvalue weighted by Gasteiger charge is -2.24. The van der Waals surface area contributed by atoms with Crippen LogP contribution >= 0.6 is 23.2 Å². The van der Waals surface area contributed by atoms with Crippen LogP contribution in [0, 0.1) is 11.8 Å². The van der Waals surface area contributed by atoms with Crippen molar-refractivity contribution in [1.29, 1.82) is 0 Å². The van der Waals surface area contributed by atoms with Crippen molar-refractivity contribution in [1.82, 2.24) is 9.55 Å². The quantitative estimate of drug-likeness (QED) is 0.682. The molecule has 1 aliphatic carbocycles. The Kier molecular flexibility index (Phi) is 4.46. The van der Waals surface area contributed by atoms with E-state index < -0.39 is 0 Å². The fourth-order valence-corrected chi connectivity index (χ4v) is 4.37. The van der Waals surface area contributed by atoms with Crippen molar-refractivity contribution < 1.29 is 0 Å². The third-order valence-electron chi connectivity index (χ3n) is 5.09. The van der Waals surface area contributed by atoms with E-state index in [2.05, 4.69) is 18.4 Å². The number of benzene rings is 1. The molecule has 3 unspecified atom stereocenters. The van der Waals surface area contributed by atoms with E-state index in [9.17, 15) is 0 Å². The predicted molar refractivity (Wildman–Crippen MR) is 90.4 cm³/mol. The van der Waals surface area contributed by atoms with Crippen molar-refractivity contribution in [2.24, 2.45) is 11.8 Å². The van der Waals surface area contributed by atoms with Crippen LogP contribution in [-0.2, 0) is 6.42 Å². The van der Waals surface area contributed by atoms with Crippen LogP contribution in [0.4, 0.5) is 0 Å². The predicted octanol–water partition coefficient (Wildman–Crippen LogP) is 5.47. The van der Waals surface area contributed by atoms with Gasteiger partial charge in [-0.05, 0) is 36.8 Å². The molecule has 114 valence electrons. The Morgan fingerprint density at radius 1 is 1.33 bits per heavy atom. The van der Waals surface area contributed by atoms with Crippen molar-refractivity contribution in [3.8, 4) is 0 Å². The van der Waals surface area contributed by atoms with Gasteiger partial charge in [0.15, 0.2) is 0 Å². The van der Waals surface area contributed by atoms with Crippen molar-refractivity contribution >= 4 is 34.2 Å². The first-order valence-corrected chi connectivity index (χ1v) is 8.79. The first kappa shape index (κ1) is 15.2. The molecule has 1 saturated carbocycles. The Morgan fingerprint density at radius 2 is 2.14 bits per heavy atom. The van der Waals surface area contributed by atoms with Gasteiger partial charge in [0.1, 0.15) is 5.82 Å². The fourth-order valence-electron chi connectivity index (χ4n) is 3.94. The van der Waals surface area contributed by atoms with Crippen molar-refractivity contribution in [2.75, 3.05) is 5.88 Å². The van der Waals surface area contributed by atoms with Crippen LogP contribution in [-0.4, -0.2) is 15.4 Å². The monoisotopic (exact) mass is 324 g/mol. The summed E-state index contributed by atoms with van der Waals surface area (Å²) in [5, 5.41) is 0.799.